The first-order valence-electron chi connectivity index (χ1n) is 6.20. The molecule has 1 amide bonds. The van der Waals surface area contributed by atoms with Gasteiger partial charge in [0, 0.05) is 12.8 Å². The van der Waals surface area contributed by atoms with Gasteiger partial charge in [-0.05, 0) is 6.07 Å². The van der Waals surface area contributed by atoms with E-state index in [0.717, 1.165) is 0 Å². The van der Waals surface area contributed by atoms with E-state index in [4.69, 9.17) is 14.7 Å². The SMILES string of the molecule is NCC(F)(F)CNC(=O)CCc1nc(-c2ccoc2)no1. The van der Waals surface area contributed by atoms with Gasteiger partial charge in [-0.2, -0.15) is 4.98 Å². The first-order valence-corrected chi connectivity index (χ1v) is 6.20. The first kappa shape index (κ1) is 15.1. The van der Waals surface area contributed by atoms with Crippen molar-refractivity contribution >= 4 is 5.91 Å². The van der Waals surface area contributed by atoms with Gasteiger partial charge in [0.05, 0.1) is 24.9 Å². The molecule has 114 valence electrons. The molecule has 2 rings (SSSR count). The number of nitrogens with one attached hydrogen (secondary N) is 1. The lowest BCUT2D eigenvalue weighted by molar-refractivity contribution is -0.122. The predicted molar refractivity (Wildman–Crippen MR) is 67.3 cm³/mol. The Morgan fingerprint density at radius 3 is 2.95 bits per heavy atom. The van der Waals surface area contributed by atoms with Gasteiger partial charge in [0.2, 0.25) is 17.6 Å². The molecule has 0 fully saturated rings. The van der Waals surface area contributed by atoms with Crippen molar-refractivity contribution in [1.82, 2.24) is 15.5 Å². The van der Waals surface area contributed by atoms with Gasteiger partial charge in [0.1, 0.15) is 6.26 Å². The molecule has 7 nitrogen and oxygen atoms in total. The van der Waals surface area contributed by atoms with Crippen molar-refractivity contribution in [1.29, 1.82) is 0 Å². The molecule has 2 heterocycles. The summed E-state index contributed by atoms with van der Waals surface area (Å²) in [6.45, 7) is -1.60. The second kappa shape index (κ2) is 6.44. The van der Waals surface area contributed by atoms with Gasteiger partial charge in [-0.3, -0.25) is 4.79 Å². The summed E-state index contributed by atoms with van der Waals surface area (Å²) in [5.74, 6) is -3.05. The summed E-state index contributed by atoms with van der Waals surface area (Å²) in [4.78, 5) is 15.5. The molecule has 0 radical (unpaired) electrons. The Morgan fingerprint density at radius 1 is 1.48 bits per heavy atom. The highest BCUT2D eigenvalue weighted by Gasteiger charge is 2.27. The zero-order chi connectivity index (χ0) is 15.3. The molecule has 2 aromatic rings. The highest BCUT2D eigenvalue weighted by atomic mass is 19.3. The van der Waals surface area contributed by atoms with Crippen molar-refractivity contribution in [2.45, 2.75) is 18.8 Å². The van der Waals surface area contributed by atoms with Crippen LogP contribution in [-0.2, 0) is 11.2 Å². The van der Waals surface area contributed by atoms with Crippen LogP contribution >= 0.6 is 0 Å². The molecular formula is C12H14F2N4O3. The molecule has 0 spiro atoms. The Bertz CT molecular complexity index is 583. The number of hydrogen-bond acceptors (Lipinski definition) is 6. The zero-order valence-corrected chi connectivity index (χ0v) is 11.0. The van der Waals surface area contributed by atoms with E-state index in [-0.39, 0.29) is 18.7 Å². The number of nitrogens with zero attached hydrogens (tertiary/aromatic N) is 2. The number of carbonyl (C=O) groups is 1. The van der Waals surface area contributed by atoms with Crippen molar-refractivity contribution < 1.29 is 22.5 Å². The standard InChI is InChI=1S/C12H14F2N4O3/c13-12(14,6-15)7-16-9(19)1-2-10-17-11(18-21-10)8-3-4-20-5-8/h3-5H,1-2,6-7,15H2,(H,16,19). The number of carbonyl (C=O) groups excluding carboxylic acids is 1. The number of rotatable bonds is 7. The number of halogens is 2. The molecule has 0 unspecified atom stereocenters. The predicted octanol–water partition coefficient (Wildman–Crippen LogP) is 0.972. The summed E-state index contributed by atoms with van der Waals surface area (Å²) in [6.07, 6.45) is 3.05. The van der Waals surface area contributed by atoms with E-state index in [1.54, 1.807) is 6.07 Å². The van der Waals surface area contributed by atoms with Crippen molar-refractivity contribution in [2.24, 2.45) is 5.73 Å². The average Bonchev–Trinajstić information content (AvgIpc) is 3.13. The van der Waals surface area contributed by atoms with Crippen LogP contribution in [0, 0.1) is 0 Å². The topological polar surface area (TPSA) is 107 Å². The fourth-order valence-electron chi connectivity index (χ4n) is 1.47. The number of nitrogens with two attached hydrogens (primary N) is 1. The Balaban J connectivity index is 1.79. The van der Waals surface area contributed by atoms with Gasteiger partial charge < -0.3 is 20.0 Å². The van der Waals surface area contributed by atoms with Crippen LogP contribution in [0.4, 0.5) is 8.78 Å². The van der Waals surface area contributed by atoms with Crippen molar-refractivity contribution in [3.05, 3.63) is 24.5 Å². The number of aryl methyl sites for hydroxylation is 1. The summed E-state index contributed by atoms with van der Waals surface area (Å²) >= 11 is 0. The average molecular weight is 300 g/mol. The molecule has 0 saturated carbocycles. The molecule has 21 heavy (non-hydrogen) atoms. The molecule has 0 atom stereocenters. The van der Waals surface area contributed by atoms with Crippen LogP contribution in [0.5, 0.6) is 0 Å². The van der Waals surface area contributed by atoms with Gasteiger partial charge in [-0.25, -0.2) is 8.78 Å². The van der Waals surface area contributed by atoms with Crippen LogP contribution in [0.15, 0.2) is 27.5 Å². The van der Waals surface area contributed by atoms with Gasteiger partial charge in [0.15, 0.2) is 0 Å². The van der Waals surface area contributed by atoms with Crippen molar-refractivity contribution in [3.63, 3.8) is 0 Å². The third-order valence-electron chi connectivity index (χ3n) is 2.66. The first-order chi connectivity index (χ1) is 10.00. The maximum atomic E-state index is 12.8. The highest BCUT2D eigenvalue weighted by Crippen LogP contribution is 2.16. The molecular weight excluding hydrogens is 286 g/mol. The normalized spacial score (nSPS) is 11.6. The number of aromatic nitrogens is 2. The van der Waals surface area contributed by atoms with Crippen LogP contribution < -0.4 is 11.1 Å². The third kappa shape index (κ3) is 4.35. The number of hydrogen-bond donors (Lipinski definition) is 2. The smallest absolute Gasteiger partial charge is 0.277 e. The third-order valence-corrected chi connectivity index (χ3v) is 2.66. The van der Waals surface area contributed by atoms with E-state index in [9.17, 15) is 13.6 Å². The van der Waals surface area contributed by atoms with E-state index in [0.29, 0.717) is 11.4 Å². The minimum Gasteiger partial charge on any atom is -0.472 e. The molecule has 0 bridgehead atoms. The monoisotopic (exact) mass is 300 g/mol. The van der Waals surface area contributed by atoms with Crippen LogP contribution in [0.1, 0.15) is 12.3 Å². The molecule has 9 heteroatoms. The second-order valence-electron chi connectivity index (χ2n) is 4.36. The van der Waals surface area contributed by atoms with Crippen LogP contribution in [0.25, 0.3) is 11.4 Å². The molecule has 3 N–H and O–H groups in total. The van der Waals surface area contributed by atoms with Crippen LogP contribution in [0.2, 0.25) is 0 Å². The second-order valence-corrected chi connectivity index (χ2v) is 4.36. The summed E-state index contributed by atoms with van der Waals surface area (Å²) in [5.41, 5.74) is 5.51. The summed E-state index contributed by atoms with van der Waals surface area (Å²) < 4.78 is 35.5. The van der Waals surface area contributed by atoms with Gasteiger partial charge in [0.25, 0.3) is 5.92 Å². The zero-order valence-electron chi connectivity index (χ0n) is 11.0. The number of furan rings is 1. The lowest BCUT2D eigenvalue weighted by Gasteiger charge is -2.14. The maximum Gasteiger partial charge on any atom is 0.277 e. The maximum absolute atomic E-state index is 12.8. The van der Waals surface area contributed by atoms with Crippen molar-refractivity contribution in [3.8, 4) is 11.4 Å². The quantitative estimate of drug-likeness (QED) is 0.789. The summed E-state index contributed by atoms with van der Waals surface area (Å²) in [5, 5.41) is 5.83. The van der Waals surface area contributed by atoms with Gasteiger partial charge in [-0.1, -0.05) is 5.16 Å². The van der Waals surface area contributed by atoms with Crippen LogP contribution in [0.3, 0.4) is 0 Å². The van der Waals surface area contributed by atoms with Gasteiger partial charge in [-0.15, -0.1) is 0 Å². The van der Waals surface area contributed by atoms with E-state index in [2.05, 4.69) is 15.5 Å². The van der Waals surface area contributed by atoms with Crippen molar-refractivity contribution in [2.75, 3.05) is 13.1 Å². The molecule has 0 aromatic carbocycles. The van der Waals surface area contributed by atoms with E-state index in [1.807, 2.05) is 0 Å². The summed E-state index contributed by atoms with van der Waals surface area (Å²) in [7, 11) is 0. The van der Waals surface area contributed by atoms with Gasteiger partial charge >= 0.3 is 0 Å². The van der Waals surface area contributed by atoms with E-state index < -0.39 is 24.9 Å². The lowest BCUT2D eigenvalue weighted by atomic mass is 10.2. The van der Waals surface area contributed by atoms with E-state index >= 15 is 0 Å². The Kier molecular flexibility index (Phi) is 4.63. The highest BCUT2D eigenvalue weighted by molar-refractivity contribution is 5.76. The molecule has 0 aliphatic carbocycles. The fraction of sp³-hybridized carbons (Fsp3) is 0.417. The summed E-state index contributed by atoms with van der Waals surface area (Å²) in [6, 6.07) is 1.66. The number of alkyl halides is 2. The Morgan fingerprint density at radius 2 is 2.29 bits per heavy atom. The lowest BCUT2D eigenvalue weighted by Crippen LogP contribution is -2.41. The molecule has 2 aromatic heterocycles. The minimum absolute atomic E-state index is 0.0341. The number of amides is 1. The van der Waals surface area contributed by atoms with Crippen LogP contribution in [-0.4, -0.2) is 35.1 Å². The molecule has 0 aliphatic heterocycles. The Hall–Kier alpha value is -2.29. The fourth-order valence-corrected chi connectivity index (χ4v) is 1.47. The van der Waals surface area contributed by atoms with E-state index in [1.165, 1.54) is 12.5 Å². The molecule has 0 aliphatic rings. The Labute approximate surface area is 118 Å². The molecule has 0 saturated heterocycles. The minimum atomic E-state index is -3.10. The largest absolute Gasteiger partial charge is 0.472 e.